The Morgan fingerprint density at radius 2 is 2.26 bits per heavy atom. The van der Waals surface area contributed by atoms with Crippen LogP contribution in [0.3, 0.4) is 0 Å². The maximum atomic E-state index is 11.6. The first-order valence-corrected chi connectivity index (χ1v) is 7.86. The van der Waals surface area contributed by atoms with E-state index in [0.717, 1.165) is 5.76 Å². The molecule has 0 spiro atoms. The van der Waals surface area contributed by atoms with Crippen LogP contribution >= 0.6 is 11.8 Å². The van der Waals surface area contributed by atoms with Crippen LogP contribution in [0.4, 0.5) is 0 Å². The van der Waals surface area contributed by atoms with Crippen LogP contribution in [-0.2, 0) is 27.3 Å². The molecule has 0 aromatic carbocycles. The summed E-state index contributed by atoms with van der Waals surface area (Å²) in [7, 11) is 1.34. The maximum absolute atomic E-state index is 11.6. The Morgan fingerprint density at radius 3 is 2.87 bits per heavy atom. The van der Waals surface area contributed by atoms with Crippen molar-refractivity contribution in [2.24, 2.45) is 5.73 Å². The number of aromatic nitrogens is 3. The molecule has 2 aromatic heterocycles. The highest BCUT2D eigenvalue weighted by atomic mass is 32.2. The lowest BCUT2D eigenvalue weighted by Crippen LogP contribution is -2.17. The summed E-state index contributed by atoms with van der Waals surface area (Å²) in [6.07, 6.45) is 2.12. The zero-order valence-electron chi connectivity index (χ0n) is 12.9. The van der Waals surface area contributed by atoms with Gasteiger partial charge in [-0.15, -0.1) is 10.2 Å². The molecule has 0 fully saturated rings. The Balaban J connectivity index is 2.22. The van der Waals surface area contributed by atoms with Gasteiger partial charge in [0.25, 0.3) is 0 Å². The number of aryl methyl sites for hydroxylation is 1. The minimum Gasteiger partial charge on any atom is -0.468 e. The molecule has 23 heavy (non-hydrogen) atoms. The first-order chi connectivity index (χ1) is 11.0. The number of primary amides is 1. The van der Waals surface area contributed by atoms with Gasteiger partial charge in [-0.1, -0.05) is 11.8 Å². The van der Waals surface area contributed by atoms with E-state index in [1.165, 1.54) is 18.9 Å². The van der Waals surface area contributed by atoms with Crippen LogP contribution in [0.1, 0.15) is 24.9 Å². The summed E-state index contributed by atoms with van der Waals surface area (Å²) < 4.78 is 11.9. The van der Waals surface area contributed by atoms with Gasteiger partial charge < -0.3 is 14.9 Å². The molecule has 124 valence electrons. The molecule has 8 nitrogen and oxygen atoms in total. The number of esters is 1. The van der Waals surface area contributed by atoms with Crippen molar-refractivity contribution in [2.45, 2.75) is 36.7 Å². The Kier molecular flexibility index (Phi) is 5.80. The van der Waals surface area contributed by atoms with Crippen LogP contribution < -0.4 is 5.73 Å². The molecular weight excluding hydrogens is 320 g/mol. The predicted octanol–water partition coefficient (Wildman–Crippen LogP) is 0.991. The third kappa shape index (κ3) is 4.59. The Bertz CT molecular complexity index is 668. The first-order valence-electron chi connectivity index (χ1n) is 6.98. The second kappa shape index (κ2) is 7.82. The fraction of sp³-hybridized carbons (Fsp3) is 0.429. The highest BCUT2D eigenvalue weighted by Crippen LogP contribution is 2.24. The van der Waals surface area contributed by atoms with Gasteiger partial charge in [0.05, 0.1) is 19.9 Å². The number of amides is 1. The van der Waals surface area contributed by atoms with E-state index in [-0.39, 0.29) is 12.4 Å². The number of nitrogens with two attached hydrogens (primary N) is 1. The lowest BCUT2D eigenvalue weighted by molar-refractivity contribution is -0.139. The number of carbonyl (C=O) groups excluding carboxylic acids is 2. The van der Waals surface area contributed by atoms with Gasteiger partial charge in [0.1, 0.15) is 16.8 Å². The van der Waals surface area contributed by atoms with Crippen LogP contribution in [0.25, 0.3) is 0 Å². The Hall–Kier alpha value is -2.29. The van der Waals surface area contributed by atoms with Gasteiger partial charge >= 0.3 is 5.97 Å². The van der Waals surface area contributed by atoms with Gasteiger partial charge in [0.15, 0.2) is 5.16 Å². The summed E-state index contributed by atoms with van der Waals surface area (Å²) in [5.41, 5.74) is 5.19. The maximum Gasteiger partial charge on any atom is 0.318 e. The van der Waals surface area contributed by atoms with Crippen LogP contribution in [0, 0.1) is 0 Å². The van der Waals surface area contributed by atoms with Crippen molar-refractivity contribution in [3.05, 3.63) is 30.0 Å². The standard InChI is InChI=1S/C14H18N4O4S/c1-9(13(20)21-2)23-14-17-16-12(6-5-11(15)19)18(14)8-10-4-3-7-22-10/h3-4,7,9H,5-6,8H2,1-2H3,(H2,15,19). The molecule has 9 heteroatoms. The van der Waals surface area contributed by atoms with Crippen molar-refractivity contribution in [1.82, 2.24) is 14.8 Å². The molecule has 0 saturated heterocycles. The summed E-state index contributed by atoms with van der Waals surface area (Å²) in [4.78, 5) is 22.6. The van der Waals surface area contributed by atoms with Crippen molar-refractivity contribution in [3.63, 3.8) is 0 Å². The number of ether oxygens (including phenoxy) is 1. The molecule has 2 aromatic rings. The first kappa shape index (κ1) is 17.1. The van der Waals surface area contributed by atoms with Gasteiger partial charge in [-0.25, -0.2) is 0 Å². The monoisotopic (exact) mass is 338 g/mol. The number of hydrogen-bond donors (Lipinski definition) is 1. The number of rotatable bonds is 8. The minimum atomic E-state index is -0.427. The zero-order valence-corrected chi connectivity index (χ0v) is 13.7. The highest BCUT2D eigenvalue weighted by molar-refractivity contribution is 8.00. The van der Waals surface area contributed by atoms with E-state index in [9.17, 15) is 9.59 Å². The zero-order chi connectivity index (χ0) is 16.8. The summed E-state index contributed by atoms with van der Waals surface area (Å²) in [5.74, 6) is 0.577. The second-order valence-electron chi connectivity index (χ2n) is 4.81. The molecule has 1 atom stereocenters. The molecule has 0 bridgehead atoms. The quantitative estimate of drug-likeness (QED) is 0.564. The molecule has 0 aliphatic rings. The lowest BCUT2D eigenvalue weighted by atomic mass is 10.3. The highest BCUT2D eigenvalue weighted by Gasteiger charge is 2.21. The van der Waals surface area contributed by atoms with Gasteiger partial charge in [-0.3, -0.25) is 14.2 Å². The van der Waals surface area contributed by atoms with Gasteiger partial charge in [0, 0.05) is 12.8 Å². The van der Waals surface area contributed by atoms with Crippen molar-refractivity contribution >= 4 is 23.6 Å². The van der Waals surface area contributed by atoms with E-state index >= 15 is 0 Å². The number of carbonyl (C=O) groups is 2. The number of nitrogens with zero attached hydrogens (tertiary/aromatic N) is 3. The number of furan rings is 1. The molecule has 0 aliphatic carbocycles. The fourth-order valence-corrected chi connectivity index (χ4v) is 2.81. The number of hydrogen-bond acceptors (Lipinski definition) is 7. The Labute approximate surface area is 137 Å². The lowest BCUT2D eigenvalue weighted by Gasteiger charge is -2.11. The van der Waals surface area contributed by atoms with Crippen molar-refractivity contribution < 1.29 is 18.7 Å². The third-order valence-electron chi connectivity index (χ3n) is 3.10. The van der Waals surface area contributed by atoms with E-state index in [0.29, 0.717) is 23.9 Å². The Morgan fingerprint density at radius 1 is 1.48 bits per heavy atom. The number of methoxy groups -OCH3 is 1. The predicted molar refractivity (Wildman–Crippen MR) is 82.7 cm³/mol. The third-order valence-corrected chi connectivity index (χ3v) is 4.16. The van der Waals surface area contributed by atoms with Gasteiger partial charge in [-0.05, 0) is 19.1 Å². The average Bonchev–Trinajstić information content (AvgIpc) is 3.16. The number of thioether (sulfide) groups is 1. The van der Waals surface area contributed by atoms with E-state index in [1.807, 2.05) is 10.6 Å². The van der Waals surface area contributed by atoms with Gasteiger partial charge in [-0.2, -0.15) is 0 Å². The van der Waals surface area contributed by atoms with E-state index in [2.05, 4.69) is 10.2 Å². The van der Waals surface area contributed by atoms with E-state index in [4.69, 9.17) is 14.9 Å². The summed E-state index contributed by atoms with van der Waals surface area (Å²) in [5, 5.41) is 8.33. The summed E-state index contributed by atoms with van der Waals surface area (Å²) in [6, 6.07) is 3.61. The fourth-order valence-electron chi connectivity index (χ4n) is 1.92. The van der Waals surface area contributed by atoms with Crippen molar-refractivity contribution in [2.75, 3.05) is 7.11 Å². The van der Waals surface area contributed by atoms with E-state index < -0.39 is 11.2 Å². The smallest absolute Gasteiger partial charge is 0.318 e. The molecule has 2 heterocycles. The molecule has 0 radical (unpaired) electrons. The van der Waals surface area contributed by atoms with Gasteiger partial charge in [0.2, 0.25) is 5.91 Å². The molecule has 2 N–H and O–H groups in total. The molecular formula is C14H18N4O4S. The van der Waals surface area contributed by atoms with Crippen molar-refractivity contribution in [3.8, 4) is 0 Å². The summed E-state index contributed by atoms with van der Waals surface area (Å²) in [6.45, 7) is 2.13. The SMILES string of the molecule is COC(=O)C(C)Sc1nnc(CCC(N)=O)n1Cc1ccco1. The van der Waals surface area contributed by atoms with Crippen LogP contribution in [0.5, 0.6) is 0 Å². The normalized spacial score (nSPS) is 12.1. The molecule has 1 amide bonds. The van der Waals surface area contributed by atoms with Crippen LogP contribution in [0.15, 0.2) is 28.0 Å². The van der Waals surface area contributed by atoms with Crippen molar-refractivity contribution in [1.29, 1.82) is 0 Å². The second-order valence-corrected chi connectivity index (χ2v) is 6.12. The average molecular weight is 338 g/mol. The molecule has 2 rings (SSSR count). The molecule has 0 aliphatic heterocycles. The topological polar surface area (TPSA) is 113 Å². The van der Waals surface area contributed by atoms with E-state index in [1.54, 1.807) is 19.3 Å². The largest absolute Gasteiger partial charge is 0.468 e. The molecule has 1 unspecified atom stereocenters. The molecule has 0 saturated carbocycles. The van der Waals surface area contributed by atoms with Crippen LogP contribution in [0.2, 0.25) is 0 Å². The summed E-state index contributed by atoms with van der Waals surface area (Å²) >= 11 is 1.24. The minimum absolute atomic E-state index is 0.174. The van der Waals surface area contributed by atoms with Crippen LogP contribution in [-0.4, -0.2) is 39.0 Å².